The summed E-state index contributed by atoms with van der Waals surface area (Å²) >= 11 is 8.85. The van der Waals surface area contributed by atoms with Crippen molar-refractivity contribution in [2.45, 2.75) is 0 Å². The van der Waals surface area contributed by atoms with Crippen molar-refractivity contribution in [1.82, 2.24) is 0 Å². The van der Waals surface area contributed by atoms with E-state index in [1.807, 2.05) is 0 Å². The average Bonchev–Trinajstić information content (AvgIpc) is 1.46. The Bertz CT molecular complexity index is 7.61. The summed E-state index contributed by atoms with van der Waals surface area (Å²) in [5, 5.41) is 0. The van der Waals surface area contributed by atoms with E-state index in [0.29, 0.717) is 0 Å². The largest absolute Gasteiger partial charge is 0.225 e. The van der Waals surface area contributed by atoms with Gasteiger partial charge in [-0.15, -0.1) is 11.6 Å². The molecular weight excluding hydrogens is 114 g/mol. The van der Waals surface area contributed by atoms with E-state index < -0.39 is 0 Å². The first kappa shape index (κ1) is 9.10. The third-order valence-electron chi connectivity index (χ3n) is 0. The molecule has 0 bridgehead atoms. The summed E-state index contributed by atoms with van der Waals surface area (Å²) in [6, 6.07) is 0. The highest BCUT2D eigenvalue weighted by Crippen LogP contribution is 1.76. The van der Waals surface area contributed by atoms with Gasteiger partial charge in [-0.25, -0.2) is 4.39 Å². The summed E-state index contributed by atoms with van der Waals surface area (Å²) in [4.78, 5) is 0. The lowest BCUT2D eigenvalue weighted by atomic mass is 11.8. The Labute approximate surface area is 40.9 Å². The Morgan fingerprint density at radius 1 is 1.60 bits per heavy atom. The first-order valence-electron chi connectivity index (χ1n) is 0.814. The SMILES string of the molecule is CCl.F[CH]Cl. The van der Waals surface area contributed by atoms with Crippen molar-refractivity contribution in [2.75, 3.05) is 6.38 Å². The fourth-order valence-electron chi connectivity index (χ4n) is 0. The Morgan fingerprint density at radius 3 is 1.60 bits per heavy atom. The highest BCUT2D eigenvalue weighted by atomic mass is 35.5. The average molecular weight is 118 g/mol. The van der Waals surface area contributed by atoms with Crippen LogP contribution in [0.1, 0.15) is 0 Å². The molecule has 0 fully saturated rings. The van der Waals surface area contributed by atoms with E-state index in [1.54, 1.807) is 0 Å². The van der Waals surface area contributed by atoms with Gasteiger partial charge in [-0.3, -0.25) is 0 Å². The maximum Gasteiger partial charge on any atom is 0.218 e. The summed E-state index contributed by atoms with van der Waals surface area (Å²) in [5.41, 5.74) is 0. The molecule has 0 N–H and O–H groups in total. The lowest BCUT2D eigenvalue weighted by Gasteiger charge is -1.40. The third-order valence-corrected chi connectivity index (χ3v) is 0. The zero-order valence-electron chi connectivity index (χ0n) is 2.71. The second kappa shape index (κ2) is 24.4. The molecule has 0 aromatic rings. The van der Waals surface area contributed by atoms with Crippen molar-refractivity contribution in [1.29, 1.82) is 0 Å². The first-order chi connectivity index (χ1) is 2.41. The van der Waals surface area contributed by atoms with Crippen LogP contribution in [0.2, 0.25) is 0 Å². The zero-order valence-corrected chi connectivity index (χ0v) is 4.22. The molecule has 0 aliphatic rings. The van der Waals surface area contributed by atoms with Crippen molar-refractivity contribution in [3.05, 3.63) is 6.13 Å². The molecule has 3 heteroatoms. The molecule has 0 aromatic carbocycles. The molecule has 0 spiro atoms. The predicted octanol–water partition coefficient (Wildman–Crippen LogP) is 2.17. The van der Waals surface area contributed by atoms with Gasteiger partial charge >= 0.3 is 0 Å². The van der Waals surface area contributed by atoms with Gasteiger partial charge < -0.3 is 0 Å². The molecule has 5 heavy (non-hydrogen) atoms. The lowest BCUT2D eigenvalue weighted by Crippen LogP contribution is -1.12. The van der Waals surface area contributed by atoms with Gasteiger partial charge in [0.05, 0.1) is 0 Å². The maximum absolute atomic E-state index is 9.93. The number of alkyl halides is 1. The second-order valence-corrected chi connectivity index (χ2v) is 0.247. The summed E-state index contributed by atoms with van der Waals surface area (Å²) in [6.07, 6.45) is 1.44. The number of hydrogen-bond acceptors (Lipinski definition) is 0. The molecule has 0 nitrogen and oxygen atoms in total. The molecular formula is C2H4Cl2F. The summed E-state index contributed by atoms with van der Waals surface area (Å²) in [7, 11) is 0. The van der Waals surface area contributed by atoms with Gasteiger partial charge in [0.15, 0.2) is 0 Å². The minimum absolute atomic E-state index is 0.0278. The summed E-state index contributed by atoms with van der Waals surface area (Å²) < 4.78 is 9.93. The monoisotopic (exact) mass is 117 g/mol. The van der Waals surface area contributed by atoms with Crippen LogP contribution >= 0.6 is 23.2 Å². The molecule has 1 radical (unpaired) electrons. The molecule has 0 atom stereocenters. The highest BCUT2D eigenvalue weighted by Gasteiger charge is 1.46. The molecule has 0 saturated heterocycles. The van der Waals surface area contributed by atoms with Crippen LogP contribution in [0.25, 0.3) is 0 Å². The van der Waals surface area contributed by atoms with Crippen molar-refractivity contribution in [3.63, 3.8) is 0 Å². The Balaban J connectivity index is 0. The van der Waals surface area contributed by atoms with Crippen LogP contribution in [-0.2, 0) is 0 Å². The highest BCUT2D eigenvalue weighted by molar-refractivity contribution is 6.21. The third kappa shape index (κ3) is 109. The quantitative estimate of drug-likeness (QED) is 0.427. The van der Waals surface area contributed by atoms with Crippen LogP contribution in [0.5, 0.6) is 0 Å². The van der Waals surface area contributed by atoms with Gasteiger partial charge in [-0.2, -0.15) is 0 Å². The van der Waals surface area contributed by atoms with Crippen LogP contribution in [0.4, 0.5) is 4.39 Å². The number of hydrogen-bond donors (Lipinski definition) is 0. The topological polar surface area (TPSA) is 0 Å². The molecule has 0 heterocycles. The van der Waals surface area contributed by atoms with Crippen LogP contribution in [0.15, 0.2) is 0 Å². The van der Waals surface area contributed by atoms with Crippen LogP contribution in [0.3, 0.4) is 0 Å². The minimum Gasteiger partial charge on any atom is -0.225 e. The van der Waals surface area contributed by atoms with Crippen molar-refractivity contribution < 1.29 is 4.39 Å². The predicted molar refractivity (Wildman–Crippen MR) is 23.0 cm³/mol. The minimum atomic E-state index is -0.0278. The molecule has 0 amide bonds. The molecule has 0 aromatic heterocycles. The molecule has 0 saturated carbocycles. The van der Waals surface area contributed by atoms with Crippen LogP contribution < -0.4 is 0 Å². The lowest BCUT2D eigenvalue weighted by molar-refractivity contribution is 0.685. The molecule has 0 rings (SSSR count). The fourth-order valence-corrected chi connectivity index (χ4v) is 0. The van der Waals surface area contributed by atoms with Gasteiger partial charge in [-0.1, -0.05) is 11.6 Å². The number of rotatable bonds is 0. The van der Waals surface area contributed by atoms with Crippen molar-refractivity contribution >= 4 is 23.2 Å². The molecule has 33 valence electrons. The van der Waals surface area contributed by atoms with E-state index in [-0.39, 0.29) is 6.13 Å². The Kier molecular flexibility index (Phi) is 44.3. The van der Waals surface area contributed by atoms with Crippen LogP contribution in [0, 0.1) is 6.13 Å². The maximum atomic E-state index is 9.93. The van der Waals surface area contributed by atoms with Crippen molar-refractivity contribution in [2.24, 2.45) is 0 Å². The van der Waals surface area contributed by atoms with Gasteiger partial charge in [-0.05, 0) is 0 Å². The molecule has 0 unspecified atom stereocenters. The Morgan fingerprint density at radius 2 is 1.60 bits per heavy atom. The fraction of sp³-hybridized carbons (Fsp3) is 0.500. The smallest absolute Gasteiger partial charge is 0.218 e. The normalized spacial score (nSPS) is 4.80. The van der Waals surface area contributed by atoms with E-state index in [1.165, 1.54) is 6.38 Å². The zero-order chi connectivity index (χ0) is 4.71. The van der Waals surface area contributed by atoms with Gasteiger partial charge in [0.1, 0.15) is 0 Å². The van der Waals surface area contributed by atoms with Crippen molar-refractivity contribution in [3.8, 4) is 0 Å². The first-order valence-corrected chi connectivity index (χ1v) is 2.01. The summed E-state index contributed by atoms with van der Waals surface area (Å²) in [5.74, 6) is 0. The van der Waals surface area contributed by atoms with Gasteiger partial charge in [0.25, 0.3) is 0 Å². The van der Waals surface area contributed by atoms with Gasteiger partial charge in [0.2, 0.25) is 6.13 Å². The summed E-state index contributed by atoms with van der Waals surface area (Å²) in [6.45, 7) is 0. The second-order valence-electron chi connectivity index (χ2n) is 0.0825. The van der Waals surface area contributed by atoms with E-state index in [4.69, 9.17) is 0 Å². The van der Waals surface area contributed by atoms with Gasteiger partial charge in [0, 0.05) is 6.38 Å². The number of halogens is 3. The van der Waals surface area contributed by atoms with E-state index >= 15 is 0 Å². The molecule has 0 aliphatic heterocycles. The van der Waals surface area contributed by atoms with E-state index in [0.717, 1.165) is 0 Å². The van der Waals surface area contributed by atoms with Crippen LogP contribution in [-0.4, -0.2) is 6.38 Å². The standard InChI is InChI=1S/CHClF.CH3Cl/c2-1-3;1-2/h1H;1H3. The van der Waals surface area contributed by atoms with E-state index in [2.05, 4.69) is 23.2 Å². The molecule has 0 aliphatic carbocycles. The Hall–Kier alpha value is 0.510. The van der Waals surface area contributed by atoms with E-state index in [9.17, 15) is 4.39 Å².